The molecule has 0 radical (unpaired) electrons. The Bertz CT molecular complexity index is 917. The molecule has 2 aromatic rings. The Hall–Kier alpha value is -3.26. The number of carbonyl (C=O) groups is 3. The zero-order valence-corrected chi connectivity index (χ0v) is 19.2. The summed E-state index contributed by atoms with van der Waals surface area (Å²) in [6.45, 7) is 1.86. The molecule has 0 aromatic heterocycles. The van der Waals surface area contributed by atoms with Gasteiger partial charge >= 0.3 is 5.97 Å². The molecule has 0 bridgehead atoms. The van der Waals surface area contributed by atoms with E-state index in [-0.39, 0.29) is 35.7 Å². The second-order valence-corrected chi connectivity index (χ2v) is 7.70. The lowest BCUT2D eigenvalue weighted by Crippen LogP contribution is -2.34. The highest BCUT2D eigenvalue weighted by atomic mass is 32.1. The number of nitrogens with one attached hydrogen (secondary N) is 2. The van der Waals surface area contributed by atoms with Gasteiger partial charge in [0.15, 0.2) is 5.11 Å². The van der Waals surface area contributed by atoms with Gasteiger partial charge in [-0.05, 0) is 61.3 Å². The summed E-state index contributed by atoms with van der Waals surface area (Å²) in [7, 11) is 1.69. The number of ether oxygens (including phenoxy) is 1. The Labute approximate surface area is 194 Å². The molecule has 2 amide bonds. The lowest BCUT2D eigenvalue weighted by atomic mass is 10.1. The van der Waals surface area contributed by atoms with Crippen LogP contribution in [0.15, 0.2) is 54.6 Å². The summed E-state index contributed by atoms with van der Waals surface area (Å²) in [5.74, 6) is -0.640. The number of carbonyl (C=O) groups excluding carboxylic acids is 3. The maximum Gasteiger partial charge on any atom is 0.305 e. The lowest BCUT2D eigenvalue weighted by Gasteiger charge is -2.16. The molecule has 0 fully saturated rings. The number of thiocarbonyl (C=S) groups is 1. The minimum Gasteiger partial charge on any atom is -0.466 e. The molecule has 0 unspecified atom stereocenters. The van der Waals surface area contributed by atoms with E-state index < -0.39 is 0 Å². The Balaban J connectivity index is 1.59. The van der Waals surface area contributed by atoms with Crippen molar-refractivity contribution < 1.29 is 19.1 Å². The molecule has 0 atom stereocenters. The van der Waals surface area contributed by atoms with Gasteiger partial charge in [0.05, 0.1) is 6.61 Å². The van der Waals surface area contributed by atoms with E-state index in [1.807, 2.05) is 30.3 Å². The zero-order valence-electron chi connectivity index (χ0n) is 18.4. The molecule has 0 heterocycles. The molecular formula is C24H29N3O4S. The largest absolute Gasteiger partial charge is 0.466 e. The van der Waals surface area contributed by atoms with Gasteiger partial charge in [-0.25, -0.2) is 0 Å². The molecule has 2 aromatic carbocycles. The molecule has 0 saturated heterocycles. The third-order valence-corrected chi connectivity index (χ3v) is 4.94. The number of hydrogen-bond acceptors (Lipinski definition) is 5. The van der Waals surface area contributed by atoms with Crippen molar-refractivity contribution in [2.24, 2.45) is 0 Å². The molecule has 0 spiro atoms. The molecule has 2 N–H and O–H groups in total. The monoisotopic (exact) mass is 455 g/mol. The Kier molecular flexibility index (Phi) is 10.3. The van der Waals surface area contributed by atoms with Crippen LogP contribution < -0.4 is 15.5 Å². The quantitative estimate of drug-likeness (QED) is 0.322. The van der Waals surface area contributed by atoms with E-state index in [2.05, 4.69) is 10.6 Å². The second kappa shape index (κ2) is 13.2. The number of esters is 1. The maximum atomic E-state index is 12.0. The van der Waals surface area contributed by atoms with Crippen molar-refractivity contribution in [3.05, 3.63) is 60.2 Å². The van der Waals surface area contributed by atoms with Crippen LogP contribution in [0.1, 0.15) is 38.2 Å². The fourth-order valence-corrected chi connectivity index (χ4v) is 3.11. The maximum absolute atomic E-state index is 12.0. The second-order valence-electron chi connectivity index (χ2n) is 7.29. The first kappa shape index (κ1) is 25.0. The van der Waals surface area contributed by atoms with E-state index in [1.54, 1.807) is 31.3 Å². The van der Waals surface area contributed by atoms with Gasteiger partial charge in [0.1, 0.15) is 0 Å². The van der Waals surface area contributed by atoms with Crippen molar-refractivity contribution in [2.75, 3.05) is 23.9 Å². The smallest absolute Gasteiger partial charge is 0.305 e. The van der Waals surface area contributed by atoms with Crippen LogP contribution in [-0.4, -0.2) is 36.6 Å². The highest BCUT2D eigenvalue weighted by molar-refractivity contribution is 7.80. The van der Waals surface area contributed by atoms with E-state index in [9.17, 15) is 14.4 Å². The summed E-state index contributed by atoms with van der Waals surface area (Å²) >= 11 is 5.15. The van der Waals surface area contributed by atoms with Crippen LogP contribution >= 0.6 is 12.2 Å². The van der Waals surface area contributed by atoms with Gasteiger partial charge in [-0.1, -0.05) is 30.3 Å². The van der Waals surface area contributed by atoms with Crippen molar-refractivity contribution in [3.8, 4) is 0 Å². The summed E-state index contributed by atoms with van der Waals surface area (Å²) in [5.41, 5.74) is 2.66. The van der Waals surface area contributed by atoms with Crippen LogP contribution in [0.2, 0.25) is 0 Å². The van der Waals surface area contributed by atoms with E-state index in [0.717, 1.165) is 18.5 Å². The molecule has 0 aliphatic carbocycles. The third kappa shape index (κ3) is 9.26. The molecule has 0 aliphatic heterocycles. The van der Waals surface area contributed by atoms with E-state index in [4.69, 9.17) is 17.0 Å². The van der Waals surface area contributed by atoms with Gasteiger partial charge in [-0.2, -0.15) is 0 Å². The summed E-state index contributed by atoms with van der Waals surface area (Å²) in [6, 6.07) is 17.1. The predicted molar refractivity (Wildman–Crippen MR) is 129 cm³/mol. The van der Waals surface area contributed by atoms with Gasteiger partial charge in [0, 0.05) is 38.2 Å². The van der Waals surface area contributed by atoms with Crippen LogP contribution in [-0.2, 0) is 25.5 Å². The van der Waals surface area contributed by atoms with E-state index in [1.165, 1.54) is 17.4 Å². The van der Waals surface area contributed by atoms with E-state index >= 15 is 0 Å². The minimum atomic E-state index is -0.304. The Morgan fingerprint density at radius 2 is 1.66 bits per heavy atom. The molecular weight excluding hydrogens is 426 g/mol. The van der Waals surface area contributed by atoms with Gasteiger partial charge in [-0.15, -0.1) is 0 Å². The number of amides is 2. The summed E-state index contributed by atoms with van der Waals surface area (Å²) in [6.07, 6.45) is 2.37. The van der Waals surface area contributed by atoms with Crippen molar-refractivity contribution in [2.45, 2.75) is 39.0 Å². The fraction of sp³-hybridized carbons (Fsp3) is 0.333. The normalized spacial score (nSPS) is 10.2. The van der Waals surface area contributed by atoms with Crippen LogP contribution in [0.4, 0.5) is 11.4 Å². The molecule has 0 aliphatic rings. The number of aryl methyl sites for hydroxylation is 1. The van der Waals surface area contributed by atoms with Crippen LogP contribution in [0, 0.1) is 0 Å². The molecule has 0 saturated carbocycles. The van der Waals surface area contributed by atoms with Crippen LogP contribution in [0.3, 0.4) is 0 Å². The molecule has 170 valence electrons. The first-order chi connectivity index (χ1) is 15.3. The highest BCUT2D eigenvalue weighted by Crippen LogP contribution is 2.17. The molecule has 2 rings (SSSR count). The number of benzene rings is 2. The van der Waals surface area contributed by atoms with Crippen molar-refractivity contribution in [1.82, 2.24) is 5.32 Å². The average molecular weight is 456 g/mol. The van der Waals surface area contributed by atoms with Gasteiger partial charge < -0.3 is 20.3 Å². The van der Waals surface area contributed by atoms with Gasteiger partial charge in [0.25, 0.3) is 0 Å². The lowest BCUT2D eigenvalue weighted by molar-refractivity contribution is -0.143. The Morgan fingerprint density at radius 3 is 2.31 bits per heavy atom. The SMILES string of the molecule is CC(=O)N(C)c1ccc(NC(=S)NC(=O)CCCC(=O)OCCCc2ccccc2)cc1. The summed E-state index contributed by atoms with van der Waals surface area (Å²) < 4.78 is 5.21. The first-order valence-corrected chi connectivity index (χ1v) is 10.9. The molecule has 7 nitrogen and oxygen atoms in total. The number of hydrogen-bond donors (Lipinski definition) is 2. The minimum absolute atomic E-state index is 0.0652. The van der Waals surface area contributed by atoms with Crippen molar-refractivity contribution in [3.63, 3.8) is 0 Å². The highest BCUT2D eigenvalue weighted by Gasteiger charge is 2.09. The van der Waals surface area contributed by atoms with Crippen LogP contribution in [0.5, 0.6) is 0 Å². The predicted octanol–water partition coefficient (Wildman–Crippen LogP) is 3.83. The summed E-state index contributed by atoms with van der Waals surface area (Å²) in [5, 5.41) is 5.68. The van der Waals surface area contributed by atoms with Crippen LogP contribution in [0.25, 0.3) is 0 Å². The standard InChI is InChI=1S/C24H29N3O4S/c1-18(28)27(2)21-15-13-20(14-16-21)25-24(32)26-22(29)11-6-12-23(30)31-17-7-10-19-8-4-3-5-9-19/h3-5,8-9,13-16H,6-7,10-12,17H2,1-2H3,(H2,25,26,29,32). The molecule has 32 heavy (non-hydrogen) atoms. The topological polar surface area (TPSA) is 87.7 Å². The number of rotatable bonds is 10. The summed E-state index contributed by atoms with van der Waals surface area (Å²) in [4.78, 5) is 36.7. The first-order valence-electron chi connectivity index (χ1n) is 10.5. The molecule has 8 heteroatoms. The van der Waals surface area contributed by atoms with Crippen molar-refractivity contribution in [1.29, 1.82) is 0 Å². The zero-order chi connectivity index (χ0) is 23.3. The Morgan fingerprint density at radius 1 is 0.969 bits per heavy atom. The third-order valence-electron chi connectivity index (χ3n) is 4.74. The number of anilines is 2. The van der Waals surface area contributed by atoms with Gasteiger partial charge in [-0.3, -0.25) is 14.4 Å². The number of nitrogens with zero attached hydrogens (tertiary/aromatic N) is 1. The fourth-order valence-electron chi connectivity index (χ4n) is 2.87. The van der Waals surface area contributed by atoms with Crippen molar-refractivity contribution >= 4 is 46.5 Å². The van der Waals surface area contributed by atoms with Gasteiger partial charge in [0.2, 0.25) is 11.8 Å². The average Bonchev–Trinajstić information content (AvgIpc) is 2.77. The van der Waals surface area contributed by atoms with E-state index in [0.29, 0.717) is 18.7 Å².